The average molecular weight is 337 g/mol. The molecule has 25 heavy (non-hydrogen) atoms. The number of hydrogen-bond donors (Lipinski definition) is 0. The summed E-state index contributed by atoms with van der Waals surface area (Å²) >= 11 is 0. The summed E-state index contributed by atoms with van der Waals surface area (Å²) in [6, 6.07) is 13.8. The summed E-state index contributed by atoms with van der Waals surface area (Å²) in [4.78, 5) is 28.2. The van der Waals surface area contributed by atoms with Crippen LogP contribution in [0.25, 0.3) is 6.08 Å². The van der Waals surface area contributed by atoms with Crippen LogP contribution in [0.15, 0.2) is 59.2 Å². The zero-order valence-corrected chi connectivity index (χ0v) is 13.7. The largest absolute Gasteiger partial charge is 0.497 e. The Morgan fingerprint density at radius 1 is 1.12 bits per heavy atom. The lowest BCUT2D eigenvalue weighted by atomic mass is 10.1. The van der Waals surface area contributed by atoms with Crippen molar-refractivity contribution in [1.82, 2.24) is 0 Å². The van der Waals surface area contributed by atoms with Crippen molar-refractivity contribution < 1.29 is 23.8 Å². The van der Waals surface area contributed by atoms with Crippen LogP contribution in [0.4, 0.5) is 0 Å². The maximum absolute atomic E-state index is 12.1. The van der Waals surface area contributed by atoms with Crippen LogP contribution < -0.4 is 4.74 Å². The average Bonchev–Trinajstić information content (AvgIpc) is 3.02. The van der Waals surface area contributed by atoms with Gasteiger partial charge in [0, 0.05) is 5.56 Å². The lowest BCUT2D eigenvalue weighted by Crippen LogP contribution is -2.06. The van der Waals surface area contributed by atoms with Crippen LogP contribution in [0.3, 0.4) is 0 Å². The van der Waals surface area contributed by atoms with Crippen molar-refractivity contribution in [2.24, 2.45) is 4.99 Å². The first-order valence-electron chi connectivity index (χ1n) is 7.46. The second kappa shape index (κ2) is 7.00. The fourth-order valence-corrected chi connectivity index (χ4v) is 2.35. The number of aliphatic imine (C=N–C) groups is 1. The highest BCUT2D eigenvalue weighted by Gasteiger charge is 2.25. The number of nitrogens with zero attached hydrogens (tertiary/aromatic N) is 1. The summed E-state index contributed by atoms with van der Waals surface area (Å²) in [6.45, 7) is 0. The normalized spacial score (nSPS) is 14.9. The quantitative estimate of drug-likeness (QED) is 0.633. The standard InChI is InChI=1S/C19H15NO5/c1-23-14-8-5-7-13(10-14)17-20-16(19(22)25-17)11-12-6-3-4-9-15(12)18(21)24-2/h3-11H,1-2H3/b16-11-. The number of carbonyl (C=O) groups is 2. The maximum Gasteiger partial charge on any atom is 0.363 e. The minimum atomic E-state index is -0.586. The van der Waals surface area contributed by atoms with E-state index in [1.165, 1.54) is 13.2 Å². The Kier molecular flexibility index (Phi) is 4.61. The van der Waals surface area contributed by atoms with Crippen LogP contribution in [-0.4, -0.2) is 32.1 Å². The Balaban J connectivity index is 1.98. The van der Waals surface area contributed by atoms with Gasteiger partial charge in [0.1, 0.15) is 5.75 Å². The molecule has 2 aromatic carbocycles. The highest BCUT2D eigenvalue weighted by atomic mass is 16.6. The first-order chi connectivity index (χ1) is 12.1. The van der Waals surface area contributed by atoms with Crippen LogP contribution in [0.1, 0.15) is 21.5 Å². The smallest absolute Gasteiger partial charge is 0.363 e. The Bertz CT molecular complexity index is 898. The molecule has 1 aliphatic heterocycles. The number of carbonyl (C=O) groups excluding carboxylic acids is 2. The predicted molar refractivity (Wildman–Crippen MR) is 91.4 cm³/mol. The summed E-state index contributed by atoms with van der Waals surface area (Å²) in [5.74, 6) is -0.260. The summed E-state index contributed by atoms with van der Waals surface area (Å²) < 4.78 is 15.1. The van der Waals surface area contributed by atoms with Crippen molar-refractivity contribution in [2.45, 2.75) is 0 Å². The number of hydrogen-bond acceptors (Lipinski definition) is 6. The summed E-state index contributed by atoms with van der Waals surface area (Å²) in [7, 11) is 2.85. The van der Waals surface area contributed by atoms with Gasteiger partial charge in [-0.1, -0.05) is 24.3 Å². The van der Waals surface area contributed by atoms with Crippen molar-refractivity contribution in [1.29, 1.82) is 0 Å². The van der Waals surface area contributed by atoms with E-state index < -0.39 is 11.9 Å². The van der Waals surface area contributed by atoms with E-state index >= 15 is 0 Å². The molecule has 0 radical (unpaired) electrons. The van der Waals surface area contributed by atoms with Gasteiger partial charge in [0.15, 0.2) is 5.70 Å². The molecule has 0 bridgehead atoms. The van der Waals surface area contributed by atoms with Crippen molar-refractivity contribution in [3.63, 3.8) is 0 Å². The van der Waals surface area contributed by atoms with E-state index in [1.807, 2.05) is 0 Å². The molecule has 126 valence electrons. The second-order valence-corrected chi connectivity index (χ2v) is 5.15. The molecule has 1 aliphatic rings. The van der Waals surface area contributed by atoms with E-state index in [4.69, 9.17) is 14.2 Å². The number of rotatable bonds is 4. The molecule has 0 aliphatic carbocycles. The summed E-state index contributed by atoms with van der Waals surface area (Å²) in [5.41, 5.74) is 1.60. The van der Waals surface area contributed by atoms with E-state index in [0.717, 1.165) is 0 Å². The molecule has 3 rings (SSSR count). The monoisotopic (exact) mass is 337 g/mol. The van der Waals surface area contributed by atoms with Gasteiger partial charge in [-0.2, -0.15) is 0 Å². The van der Waals surface area contributed by atoms with Crippen LogP contribution >= 0.6 is 0 Å². The molecular weight excluding hydrogens is 322 g/mol. The van der Waals surface area contributed by atoms with E-state index in [9.17, 15) is 9.59 Å². The lowest BCUT2D eigenvalue weighted by molar-refractivity contribution is -0.129. The fraction of sp³-hybridized carbons (Fsp3) is 0.105. The third-order valence-electron chi connectivity index (χ3n) is 3.60. The molecule has 2 aromatic rings. The molecule has 0 saturated heterocycles. The topological polar surface area (TPSA) is 74.2 Å². The van der Waals surface area contributed by atoms with Gasteiger partial charge in [0.25, 0.3) is 0 Å². The van der Waals surface area contributed by atoms with Gasteiger partial charge < -0.3 is 14.2 Å². The Morgan fingerprint density at radius 2 is 1.92 bits per heavy atom. The molecule has 6 nitrogen and oxygen atoms in total. The number of ether oxygens (including phenoxy) is 3. The van der Waals surface area contributed by atoms with Crippen molar-refractivity contribution >= 4 is 23.9 Å². The molecule has 0 saturated carbocycles. The molecule has 0 unspecified atom stereocenters. The van der Waals surface area contributed by atoms with Gasteiger partial charge >= 0.3 is 11.9 Å². The molecule has 0 spiro atoms. The molecule has 0 fully saturated rings. The second-order valence-electron chi connectivity index (χ2n) is 5.15. The van der Waals surface area contributed by atoms with Crippen LogP contribution in [0.2, 0.25) is 0 Å². The molecule has 0 atom stereocenters. The predicted octanol–water partition coefficient (Wildman–Crippen LogP) is 2.83. The van der Waals surface area contributed by atoms with Crippen LogP contribution in [0.5, 0.6) is 5.75 Å². The molecule has 0 aromatic heterocycles. The van der Waals surface area contributed by atoms with Crippen molar-refractivity contribution in [3.05, 3.63) is 70.9 Å². The van der Waals surface area contributed by atoms with Crippen LogP contribution in [-0.2, 0) is 14.3 Å². The Labute approximate surface area is 144 Å². The van der Waals surface area contributed by atoms with Gasteiger partial charge in [0.2, 0.25) is 5.90 Å². The Hall–Kier alpha value is -3.41. The zero-order chi connectivity index (χ0) is 17.8. The first-order valence-corrected chi connectivity index (χ1v) is 7.46. The minimum Gasteiger partial charge on any atom is -0.497 e. The third-order valence-corrected chi connectivity index (χ3v) is 3.60. The maximum atomic E-state index is 12.1. The van der Waals surface area contributed by atoms with E-state index in [1.54, 1.807) is 55.6 Å². The van der Waals surface area contributed by atoms with Gasteiger partial charge in [-0.15, -0.1) is 0 Å². The lowest BCUT2D eigenvalue weighted by Gasteiger charge is -2.03. The molecule has 1 heterocycles. The highest BCUT2D eigenvalue weighted by Crippen LogP contribution is 2.22. The molecular formula is C19H15NO5. The fourth-order valence-electron chi connectivity index (χ4n) is 2.35. The van der Waals surface area contributed by atoms with Gasteiger partial charge in [-0.25, -0.2) is 14.6 Å². The molecule has 0 amide bonds. The minimum absolute atomic E-state index is 0.106. The van der Waals surface area contributed by atoms with Crippen molar-refractivity contribution in [2.75, 3.05) is 14.2 Å². The summed E-state index contributed by atoms with van der Waals surface area (Å²) in [6.07, 6.45) is 1.50. The third kappa shape index (κ3) is 3.42. The summed E-state index contributed by atoms with van der Waals surface area (Å²) in [5, 5.41) is 0. The SMILES string of the molecule is COC(=O)c1ccccc1/C=C1\N=C(c2cccc(OC)c2)OC1=O. The van der Waals surface area contributed by atoms with Gasteiger partial charge in [0.05, 0.1) is 19.8 Å². The van der Waals surface area contributed by atoms with E-state index in [0.29, 0.717) is 22.4 Å². The van der Waals surface area contributed by atoms with E-state index in [2.05, 4.69) is 4.99 Å². The zero-order valence-electron chi connectivity index (χ0n) is 13.7. The number of cyclic esters (lactones) is 1. The number of esters is 2. The van der Waals surface area contributed by atoms with Gasteiger partial charge in [-0.05, 0) is 35.9 Å². The van der Waals surface area contributed by atoms with Crippen LogP contribution in [0, 0.1) is 0 Å². The first kappa shape index (κ1) is 16.4. The molecule has 6 heteroatoms. The number of methoxy groups -OCH3 is 2. The highest BCUT2D eigenvalue weighted by molar-refractivity contribution is 6.13. The van der Waals surface area contributed by atoms with Crippen molar-refractivity contribution in [3.8, 4) is 5.75 Å². The van der Waals surface area contributed by atoms with E-state index in [-0.39, 0.29) is 11.6 Å². The Morgan fingerprint density at radius 3 is 2.68 bits per heavy atom. The molecule has 0 N–H and O–H groups in total. The van der Waals surface area contributed by atoms with Gasteiger partial charge in [-0.3, -0.25) is 0 Å². The number of benzene rings is 2.